The van der Waals surface area contributed by atoms with Crippen LogP contribution in [0.3, 0.4) is 0 Å². The zero-order chi connectivity index (χ0) is 13.8. The van der Waals surface area contributed by atoms with Crippen LogP contribution in [0.15, 0.2) is 24.3 Å². The van der Waals surface area contributed by atoms with E-state index in [0.717, 1.165) is 4.31 Å². The first-order chi connectivity index (χ1) is 8.40. The highest BCUT2D eigenvalue weighted by Gasteiger charge is 2.21. The smallest absolute Gasteiger partial charge is 0.235 e. The highest BCUT2D eigenvalue weighted by atomic mass is 32.2. The SMILES string of the molecule is CCS(=O)(=O)N(CC(=N)N)c1cccc(OC)c1. The summed E-state index contributed by atoms with van der Waals surface area (Å²) >= 11 is 0. The number of hydrogen-bond acceptors (Lipinski definition) is 4. The minimum Gasteiger partial charge on any atom is -0.497 e. The number of amidine groups is 1. The van der Waals surface area contributed by atoms with Crippen molar-refractivity contribution in [1.29, 1.82) is 5.41 Å². The molecule has 0 spiro atoms. The maximum Gasteiger partial charge on any atom is 0.235 e. The molecule has 0 radical (unpaired) electrons. The van der Waals surface area contributed by atoms with Crippen LogP contribution in [0.25, 0.3) is 0 Å². The molecular weight excluding hydrogens is 254 g/mol. The minimum absolute atomic E-state index is 0.0580. The van der Waals surface area contributed by atoms with Crippen molar-refractivity contribution >= 4 is 21.5 Å². The summed E-state index contributed by atoms with van der Waals surface area (Å²) in [6.07, 6.45) is 0. The minimum atomic E-state index is -3.48. The first kappa shape index (κ1) is 14.3. The summed E-state index contributed by atoms with van der Waals surface area (Å²) in [5, 5.41) is 7.27. The van der Waals surface area contributed by atoms with Gasteiger partial charge in [-0.05, 0) is 19.1 Å². The van der Waals surface area contributed by atoms with Crippen LogP contribution in [-0.2, 0) is 10.0 Å². The predicted molar refractivity (Wildman–Crippen MR) is 71.7 cm³/mol. The molecule has 100 valence electrons. The lowest BCUT2D eigenvalue weighted by Gasteiger charge is -2.23. The lowest BCUT2D eigenvalue weighted by atomic mass is 10.3. The summed E-state index contributed by atoms with van der Waals surface area (Å²) in [7, 11) is -1.97. The standard InChI is InChI=1S/C11H17N3O3S/c1-3-18(15,16)14(8-11(12)13)9-5-4-6-10(7-9)17-2/h4-7H,3,8H2,1-2H3,(H3,12,13). The Morgan fingerprint density at radius 3 is 2.67 bits per heavy atom. The summed E-state index contributed by atoms with van der Waals surface area (Å²) < 4.78 is 30.1. The van der Waals surface area contributed by atoms with Crippen LogP contribution >= 0.6 is 0 Å². The molecule has 3 N–H and O–H groups in total. The third-order valence-corrected chi connectivity index (χ3v) is 4.10. The topological polar surface area (TPSA) is 96.5 Å². The number of anilines is 1. The van der Waals surface area contributed by atoms with E-state index >= 15 is 0 Å². The van der Waals surface area contributed by atoms with Crippen molar-refractivity contribution < 1.29 is 13.2 Å². The fraction of sp³-hybridized carbons (Fsp3) is 0.364. The van der Waals surface area contributed by atoms with Gasteiger partial charge in [-0.15, -0.1) is 0 Å². The number of benzene rings is 1. The van der Waals surface area contributed by atoms with Gasteiger partial charge in [0.1, 0.15) is 11.6 Å². The third kappa shape index (κ3) is 3.36. The van der Waals surface area contributed by atoms with Crippen molar-refractivity contribution in [3.05, 3.63) is 24.3 Å². The van der Waals surface area contributed by atoms with E-state index in [1.165, 1.54) is 7.11 Å². The van der Waals surface area contributed by atoms with Crippen LogP contribution in [0.5, 0.6) is 5.75 Å². The Hall–Kier alpha value is -1.76. The van der Waals surface area contributed by atoms with Crippen LogP contribution in [-0.4, -0.2) is 33.7 Å². The Bertz CT molecular complexity index is 528. The van der Waals surface area contributed by atoms with Gasteiger partial charge in [0.25, 0.3) is 0 Å². The second-order valence-corrected chi connectivity index (χ2v) is 5.82. The van der Waals surface area contributed by atoms with Crippen LogP contribution in [0.2, 0.25) is 0 Å². The third-order valence-electron chi connectivity index (χ3n) is 2.36. The molecule has 0 saturated heterocycles. The molecule has 0 bridgehead atoms. The molecule has 6 nitrogen and oxygen atoms in total. The number of ether oxygens (including phenoxy) is 1. The van der Waals surface area contributed by atoms with E-state index in [9.17, 15) is 8.42 Å². The van der Waals surface area contributed by atoms with E-state index in [1.807, 2.05) is 0 Å². The summed E-state index contributed by atoms with van der Waals surface area (Å²) in [5.41, 5.74) is 5.74. The fourth-order valence-corrected chi connectivity index (χ4v) is 2.51. The summed E-state index contributed by atoms with van der Waals surface area (Å²) in [5.74, 6) is 0.277. The lowest BCUT2D eigenvalue weighted by molar-refractivity contribution is 0.415. The van der Waals surface area contributed by atoms with Gasteiger partial charge >= 0.3 is 0 Å². The van der Waals surface area contributed by atoms with Gasteiger partial charge in [0, 0.05) is 6.07 Å². The Labute approximate surface area is 107 Å². The second kappa shape index (κ2) is 5.72. The number of methoxy groups -OCH3 is 1. The molecule has 0 saturated carbocycles. The van der Waals surface area contributed by atoms with E-state index in [2.05, 4.69) is 0 Å². The molecule has 0 amide bonds. The number of rotatable bonds is 6. The van der Waals surface area contributed by atoms with Crippen LogP contribution in [0, 0.1) is 5.41 Å². The molecule has 0 atom stereocenters. The van der Waals surface area contributed by atoms with E-state index in [1.54, 1.807) is 31.2 Å². The van der Waals surface area contributed by atoms with Crippen molar-refractivity contribution in [1.82, 2.24) is 0 Å². The van der Waals surface area contributed by atoms with Gasteiger partial charge in [0.05, 0.1) is 25.1 Å². The molecule has 1 aromatic carbocycles. The van der Waals surface area contributed by atoms with Crippen molar-refractivity contribution in [2.75, 3.05) is 23.7 Å². The maximum absolute atomic E-state index is 12.0. The predicted octanol–water partition coefficient (Wildman–Crippen LogP) is 0.787. The number of nitrogens with zero attached hydrogens (tertiary/aromatic N) is 1. The van der Waals surface area contributed by atoms with Gasteiger partial charge in [-0.3, -0.25) is 9.71 Å². The van der Waals surface area contributed by atoms with Gasteiger partial charge in [0.2, 0.25) is 10.0 Å². The monoisotopic (exact) mass is 271 g/mol. The van der Waals surface area contributed by atoms with Crippen LogP contribution < -0.4 is 14.8 Å². The van der Waals surface area contributed by atoms with Gasteiger partial charge in [-0.1, -0.05) is 6.07 Å². The van der Waals surface area contributed by atoms with Crippen LogP contribution in [0.4, 0.5) is 5.69 Å². The normalized spacial score (nSPS) is 11.0. The lowest BCUT2D eigenvalue weighted by Crippen LogP contribution is -2.39. The van der Waals surface area contributed by atoms with Gasteiger partial charge in [-0.2, -0.15) is 0 Å². The first-order valence-electron chi connectivity index (χ1n) is 5.38. The van der Waals surface area contributed by atoms with Crippen molar-refractivity contribution in [3.63, 3.8) is 0 Å². The van der Waals surface area contributed by atoms with Gasteiger partial charge in [-0.25, -0.2) is 8.42 Å². The van der Waals surface area contributed by atoms with Gasteiger partial charge < -0.3 is 10.5 Å². The molecule has 18 heavy (non-hydrogen) atoms. The number of sulfonamides is 1. The molecule has 0 aromatic heterocycles. The fourth-order valence-electron chi connectivity index (χ4n) is 1.43. The molecule has 0 heterocycles. The summed E-state index contributed by atoms with van der Waals surface area (Å²) in [6.45, 7) is 1.38. The Balaban J connectivity index is 3.21. The highest BCUT2D eigenvalue weighted by Crippen LogP contribution is 2.23. The highest BCUT2D eigenvalue weighted by molar-refractivity contribution is 7.92. The van der Waals surface area contributed by atoms with Crippen molar-refractivity contribution in [2.24, 2.45) is 5.73 Å². The zero-order valence-corrected chi connectivity index (χ0v) is 11.2. The molecule has 7 heteroatoms. The van der Waals surface area contributed by atoms with E-state index < -0.39 is 10.0 Å². The zero-order valence-electron chi connectivity index (χ0n) is 10.4. The maximum atomic E-state index is 12.0. The second-order valence-electron chi connectivity index (χ2n) is 3.63. The van der Waals surface area contributed by atoms with E-state index in [-0.39, 0.29) is 18.1 Å². The Morgan fingerprint density at radius 2 is 2.17 bits per heavy atom. The Kier molecular flexibility index (Phi) is 4.55. The number of nitrogens with two attached hydrogens (primary N) is 1. The molecule has 1 rings (SSSR count). The molecule has 0 aliphatic carbocycles. The van der Waals surface area contributed by atoms with E-state index in [4.69, 9.17) is 15.9 Å². The molecule has 0 aliphatic heterocycles. The Morgan fingerprint density at radius 1 is 1.50 bits per heavy atom. The largest absolute Gasteiger partial charge is 0.497 e. The first-order valence-corrected chi connectivity index (χ1v) is 6.99. The van der Waals surface area contributed by atoms with Gasteiger partial charge in [0.15, 0.2) is 0 Å². The summed E-state index contributed by atoms with van der Waals surface area (Å²) in [4.78, 5) is 0. The van der Waals surface area contributed by atoms with Crippen LogP contribution in [0.1, 0.15) is 6.92 Å². The number of nitrogens with one attached hydrogen (secondary N) is 1. The quantitative estimate of drug-likeness (QED) is 0.590. The summed E-state index contributed by atoms with van der Waals surface area (Å²) in [6, 6.07) is 6.63. The van der Waals surface area contributed by atoms with E-state index in [0.29, 0.717) is 11.4 Å². The molecule has 0 fully saturated rings. The average Bonchev–Trinajstić information content (AvgIpc) is 2.35. The number of hydrogen-bond donors (Lipinski definition) is 2. The average molecular weight is 271 g/mol. The van der Waals surface area contributed by atoms with Crippen molar-refractivity contribution in [3.8, 4) is 5.75 Å². The van der Waals surface area contributed by atoms with Crippen molar-refractivity contribution in [2.45, 2.75) is 6.92 Å². The molecule has 0 unspecified atom stereocenters. The molecule has 0 aliphatic rings. The molecule has 1 aromatic rings. The molecular formula is C11H17N3O3S.